The number of piperazine rings is 1. The van der Waals surface area contributed by atoms with Crippen molar-refractivity contribution in [2.75, 3.05) is 45.9 Å². The van der Waals surface area contributed by atoms with E-state index in [2.05, 4.69) is 47.4 Å². The molecule has 2 amide bonds. The SMILES string of the molecule is O=C1[C@@H]2Cc3c([nH]c4ccccc34)[C@H](CCc3ccccc3)N2C(=O)CN1CCC[NH+]1CCOCC1. The zero-order valence-corrected chi connectivity index (χ0v) is 20.7. The molecule has 0 bridgehead atoms. The Balaban J connectivity index is 1.25. The number of benzene rings is 2. The number of para-hydroxylation sites is 1. The second kappa shape index (κ2) is 10.1. The molecule has 3 aliphatic heterocycles. The van der Waals surface area contributed by atoms with Crippen LogP contribution < -0.4 is 4.90 Å². The number of carbonyl (C=O) groups excluding carboxylic acids is 2. The van der Waals surface area contributed by atoms with E-state index in [-0.39, 0.29) is 24.4 Å². The van der Waals surface area contributed by atoms with Crippen molar-refractivity contribution in [3.63, 3.8) is 0 Å². The minimum Gasteiger partial charge on any atom is -0.370 e. The lowest BCUT2D eigenvalue weighted by atomic mass is 9.86. The molecule has 2 saturated heterocycles. The van der Waals surface area contributed by atoms with E-state index < -0.39 is 6.04 Å². The fraction of sp³-hybridized carbons (Fsp3) is 0.448. The summed E-state index contributed by atoms with van der Waals surface area (Å²) in [4.78, 5) is 36.2. The van der Waals surface area contributed by atoms with Gasteiger partial charge in [-0.1, -0.05) is 48.5 Å². The van der Waals surface area contributed by atoms with Crippen LogP contribution >= 0.6 is 0 Å². The topological polar surface area (TPSA) is 70.1 Å². The van der Waals surface area contributed by atoms with Crippen molar-refractivity contribution in [1.29, 1.82) is 0 Å². The van der Waals surface area contributed by atoms with Crippen molar-refractivity contribution in [3.05, 3.63) is 71.4 Å². The first-order valence-electron chi connectivity index (χ1n) is 13.3. The molecule has 1 aromatic heterocycles. The Bertz CT molecular complexity index is 1230. The normalized spacial score (nSPS) is 22.7. The van der Waals surface area contributed by atoms with Gasteiger partial charge in [-0.2, -0.15) is 0 Å². The Morgan fingerprint density at radius 3 is 2.61 bits per heavy atom. The predicted molar refractivity (Wildman–Crippen MR) is 138 cm³/mol. The molecule has 6 rings (SSSR count). The minimum atomic E-state index is -0.422. The second-order valence-corrected chi connectivity index (χ2v) is 10.3. The number of fused-ring (bicyclic) bond motifs is 4. The predicted octanol–water partition coefficient (Wildman–Crippen LogP) is 1.74. The van der Waals surface area contributed by atoms with Crippen LogP contribution in [-0.4, -0.2) is 78.6 Å². The molecule has 7 heteroatoms. The van der Waals surface area contributed by atoms with Crippen LogP contribution in [0.1, 0.15) is 35.7 Å². The lowest BCUT2D eigenvalue weighted by Gasteiger charge is -2.47. The molecular weight excluding hydrogens is 452 g/mol. The summed E-state index contributed by atoms with van der Waals surface area (Å²) in [6.07, 6.45) is 3.14. The lowest BCUT2D eigenvalue weighted by molar-refractivity contribution is -0.908. The number of nitrogens with zero attached hydrogens (tertiary/aromatic N) is 2. The summed E-state index contributed by atoms with van der Waals surface area (Å²) in [6, 6.07) is 18.2. The van der Waals surface area contributed by atoms with Gasteiger partial charge in [0.05, 0.1) is 32.3 Å². The maximum atomic E-state index is 13.8. The molecule has 3 aliphatic rings. The standard InChI is InChI=1S/C29H34N4O3/c34-27-20-32(14-6-13-31-15-17-36-18-16-31)29(35)26-19-23-22-9-4-5-10-24(22)30-28(23)25(33(26)27)12-11-21-7-2-1-3-8-21/h1-5,7-10,25-26,30H,6,11-20H2/p+1/t25-,26-/m0/s1. The highest BCUT2D eigenvalue weighted by Crippen LogP contribution is 2.41. The molecule has 4 heterocycles. The highest BCUT2D eigenvalue weighted by atomic mass is 16.5. The summed E-state index contributed by atoms with van der Waals surface area (Å²) in [5.41, 5.74) is 4.64. The van der Waals surface area contributed by atoms with Crippen LogP contribution in [0.4, 0.5) is 0 Å². The smallest absolute Gasteiger partial charge is 0.246 e. The monoisotopic (exact) mass is 487 g/mol. The Morgan fingerprint density at radius 2 is 1.78 bits per heavy atom. The summed E-state index contributed by atoms with van der Waals surface area (Å²) in [5, 5.41) is 1.17. The average Bonchev–Trinajstić information content (AvgIpc) is 3.29. The number of hydrogen-bond donors (Lipinski definition) is 2. The quantitative estimate of drug-likeness (QED) is 0.534. The molecular formula is C29H35N4O3+. The van der Waals surface area contributed by atoms with E-state index in [9.17, 15) is 9.59 Å². The fourth-order valence-corrected chi connectivity index (χ4v) is 6.31. The van der Waals surface area contributed by atoms with Gasteiger partial charge in [0.15, 0.2) is 0 Å². The number of aromatic nitrogens is 1. The molecule has 188 valence electrons. The van der Waals surface area contributed by atoms with Crippen molar-refractivity contribution >= 4 is 22.7 Å². The zero-order chi connectivity index (χ0) is 24.5. The lowest BCUT2D eigenvalue weighted by Crippen LogP contribution is -3.14. The molecule has 0 aliphatic carbocycles. The Kier molecular flexibility index (Phi) is 6.50. The van der Waals surface area contributed by atoms with Gasteiger partial charge in [0.2, 0.25) is 11.8 Å². The number of morpholine rings is 1. The molecule has 7 nitrogen and oxygen atoms in total. The first-order chi connectivity index (χ1) is 17.7. The Hall–Kier alpha value is -3.16. The number of quaternary nitrogens is 1. The number of rotatable bonds is 7. The van der Waals surface area contributed by atoms with Crippen molar-refractivity contribution in [1.82, 2.24) is 14.8 Å². The van der Waals surface area contributed by atoms with Gasteiger partial charge in [-0.3, -0.25) is 9.59 Å². The third-order valence-electron chi connectivity index (χ3n) is 8.17. The molecule has 3 aromatic rings. The van der Waals surface area contributed by atoms with Gasteiger partial charge in [-0.25, -0.2) is 0 Å². The fourth-order valence-electron chi connectivity index (χ4n) is 6.31. The first-order valence-corrected chi connectivity index (χ1v) is 13.3. The molecule has 2 aromatic carbocycles. The summed E-state index contributed by atoms with van der Waals surface area (Å²) < 4.78 is 5.46. The van der Waals surface area contributed by atoms with Gasteiger partial charge in [0.1, 0.15) is 19.1 Å². The van der Waals surface area contributed by atoms with Crippen molar-refractivity contribution in [2.45, 2.75) is 37.8 Å². The van der Waals surface area contributed by atoms with E-state index in [1.54, 1.807) is 0 Å². The maximum Gasteiger partial charge on any atom is 0.246 e. The van der Waals surface area contributed by atoms with Crippen LogP contribution in [0.5, 0.6) is 0 Å². The molecule has 0 saturated carbocycles. The van der Waals surface area contributed by atoms with Crippen molar-refractivity contribution < 1.29 is 19.2 Å². The van der Waals surface area contributed by atoms with Gasteiger partial charge in [-0.05, 0) is 30.0 Å². The van der Waals surface area contributed by atoms with E-state index >= 15 is 0 Å². The van der Waals surface area contributed by atoms with Crippen LogP contribution in [0.15, 0.2) is 54.6 Å². The number of ether oxygens (including phenoxy) is 1. The Labute approximate surface area is 212 Å². The molecule has 0 unspecified atom stereocenters. The number of aryl methyl sites for hydroxylation is 1. The van der Waals surface area contributed by atoms with Crippen LogP contribution in [-0.2, 0) is 27.2 Å². The van der Waals surface area contributed by atoms with Crippen molar-refractivity contribution in [2.24, 2.45) is 0 Å². The third-order valence-corrected chi connectivity index (χ3v) is 8.17. The zero-order valence-electron chi connectivity index (χ0n) is 20.7. The van der Waals surface area contributed by atoms with Crippen molar-refractivity contribution in [3.8, 4) is 0 Å². The van der Waals surface area contributed by atoms with Gasteiger partial charge in [-0.15, -0.1) is 0 Å². The van der Waals surface area contributed by atoms with Gasteiger partial charge in [0, 0.05) is 36.0 Å². The van der Waals surface area contributed by atoms with Crippen LogP contribution in [0.25, 0.3) is 10.9 Å². The minimum absolute atomic E-state index is 0.0701. The van der Waals surface area contributed by atoms with Gasteiger partial charge in [0.25, 0.3) is 0 Å². The summed E-state index contributed by atoms with van der Waals surface area (Å²) in [6.45, 7) is 5.52. The van der Waals surface area contributed by atoms with Gasteiger partial charge < -0.3 is 24.4 Å². The van der Waals surface area contributed by atoms with E-state index in [1.807, 2.05) is 21.9 Å². The number of carbonyl (C=O) groups is 2. The molecule has 2 atom stereocenters. The van der Waals surface area contributed by atoms with Gasteiger partial charge >= 0.3 is 0 Å². The molecule has 36 heavy (non-hydrogen) atoms. The average molecular weight is 488 g/mol. The van der Waals surface area contributed by atoms with Crippen LogP contribution in [0.2, 0.25) is 0 Å². The highest BCUT2D eigenvalue weighted by molar-refractivity contribution is 5.97. The number of nitrogens with one attached hydrogen (secondary N) is 2. The number of amides is 2. The molecule has 0 spiro atoms. The number of aromatic amines is 1. The summed E-state index contributed by atoms with van der Waals surface area (Å²) in [5.74, 6) is 0.174. The molecule has 0 radical (unpaired) electrons. The molecule has 2 N–H and O–H groups in total. The van der Waals surface area contributed by atoms with E-state index in [4.69, 9.17) is 4.74 Å². The van der Waals surface area contributed by atoms with E-state index in [0.717, 1.165) is 63.3 Å². The molecule has 2 fully saturated rings. The second-order valence-electron chi connectivity index (χ2n) is 10.3. The number of H-pyrrole nitrogens is 1. The van der Waals surface area contributed by atoms with Crippen LogP contribution in [0, 0.1) is 0 Å². The third kappa shape index (κ3) is 4.42. The summed E-state index contributed by atoms with van der Waals surface area (Å²) >= 11 is 0. The van der Waals surface area contributed by atoms with E-state index in [0.29, 0.717) is 13.0 Å². The number of hydrogen-bond acceptors (Lipinski definition) is 3. The highest BCUT2D eigenvalue weighted by Gasteiger charge is 2.47. The van der Waals surface area contributed by atoms with E-state index in [1.165, 1.54) is 21.4 Å². The van der Waals surface area contributed by atoms with Crippen LogP contribution in [0.3, 0.4) is 0 Å². The first kappa shape index (κ1) is 23.3. The Morgan fingerprint density at radius 1 is 1.00 bits per heavy atom. The maximum absolute atomic E-state index is 13.8. The summed E-state index contributed by atoms with van der Waals surface area (Å²) in [7, 11) is 0. The largest absolute Gasteiger partial charge is 0.370 e.